The Bertz CT molecular complexity index is 276. The topological polar surface area (TPSA) is 55.0 Å². The van der Waals surface area contributed by atoms with E-state index in [0.717, 1.165) is 18.7 Å². The first-order chi connectivity index (χ1) is 6.36. The molecule has 0 aliphatic carbocycles. The number of carbonyl (C=O) groups is 1. The summed E-state index contributed by atoms with van der Waals surface area (Å²) in [6.07, 6.45) is 5.40. The summed E-state index contributed by atoms with van der Waals surface area (Å²) >= 11 is 0. The van der Waals surface area contributed by atoms with Crippen molar-refractivity contribution < 1.29 is 9.53 Å². The molecule has 1 fully saturated rings. The highest BCUT2D eigenvalue weighted by Crippen LogP contribution is 2.14. The SMILES string of the molecule is O=C(Cc1ncc[nH]1)C1CCCO1. The first kappa shape index (κ1) is 8.44. The summed E-state index contributed by atoms with van der Waals surface area (Å²) in [4.78, 5) is 18.4. The van der Waals surface area contributed by atoms with E-state index >= 15 is 0 Å². The lowest BCUT2D eigenvalue weighted by Crippen LogP contribution is -2.21. The second-order valence-corrected chi connectivity index (χ2v) is 3.18. The van der Waals surface area contributed by atoms with Crippen LogP contribution in [-0.2, 0) is 16.0 Å². The number of ether oxygens (including phenoxy) is 1. The van der Waals surface area contributed by atoms with Crippen molar-refractivity contribution in [1.29, 1.82) is 0 Å². The van der Waals surface area contributed by atoms with Gasteiger partial charge in [0.15, 0.2) is 5.78 Å². The summed E-state index contributed by atoms with van der Waals surface area (Å²) < 4.78 is 5.27. The van der Waals surface area contributed by atoms with Crippen LogP contribution in [0.5, 0.6) is 0 Å². The third kappa shape index (κ3) is 1.95. The second kappa shape index (κ2) is 3.70. The van der Waals surface area contributed by atoms with Gasteiger partial charge in [-0.3, -0.25) is 4.79 Å². The van der Waals surface area contributed by atoms with Crippen LogP contribution in [-0.4, -0.2) is 28.5 Å². The molecule has 0 spiro atoms. The van der Waals surface area contributed by atoms with Gasteiger partial charge in [0.05, 0.1) is 6.42 Å². The molecule has 1 atom stereocenters. The Labute approximate surface area is 76.3 Å². The summed E-state index contributed by atoms with van der Waals surface area (Å²) in [7, 11) is 0. The molecular formula is C9H12N2O2. The monoisotopic (exact) mass is 180 g/mol. The quantitative estimate of drug-likeness (QED) is 0.745. The van der Waals surface area contributed by atoms with Gasteiger partial charge in [-0.1, -0.05) is 0 Å². The van der Waals surface area contributed by atoms with Gasteiger partial charge in [-0.05, 0) is 12.8 Å². The van der Waals surface area contributed by atoms with Gasteiger partial charge in [0.1, 0.15) is 11.9 Å². The standard InChI is InChI=1S/C9H12N2O2/c12-7(8-2-1-5-13-8)6-9-10-3-4-11-9/h3-4,8H,1-2,5-6H2,(H,10,11). The van der Waals surface area contributed by atoms with Crippen LogP contribution in [0.4, 0.5) is 0 Å². The molecule has 2 rings (SSSR count). The van der Waals surface area contributed by atoms with Crippen LogP contribution in [0.2, 0.25) is 0 Å². The highest BCUT2D eigenvalue weighted by molar-refractivity contribution is 5.84. The number of hydrogen-bond acceptors (Lipinski definition) is 3. The number of aromatic nitrogens is 2. The van der Waals surface area contributed by atoms with Gasteiger partial charge in [0, 0.05) is 19.0 Å². The normalized spacial score (nSPS) is 22.0. The minimum absolute atomic E-state index is 0.132. The first-order valence-electron chi connectivity index (χ1n) is 4.49. The largest absolute Gasteiger partial charge is 0.370 e. The summed E-state index contributed by atoms with van der Waals surface area (Å²) in [6, 6.07) is 0. The number of rotatable bonds is 3. The van der Waals surface area contributed by atoms with Crippen molar-refractivity contribution in [1.82, 2.24) is 9.97 Å². The highest BCUT2D eigenvalue weighted by atomic mass is 16.5. The van der Waals surface area contributed by atoms with Gasteiger partial charge in [-0.25, -0.2) is 4.98 Å². The molecule has 13 heavy (non-hydrogen) atoms. The van der Waals surface area contributed by atoms with E-state index < -0.39 is 0 Å². The van der Waals surface area contributed by atoms with Crippen LogP contribution in [0.3, 0.4) is 0 Å². The maximum absolute atomic E-state index is 11.5. The number of imidazole rings is 1. The number of hydrogen-bond donors (Lipinski definition) is 1. The molecule has 0 amide bonds. The van der Waals surface area contributed by atoms with Crippen LogP contribution in [0.1, 0.15) is 18.7 Å². The molecule has 2 heterocycles. The molecule has 0 saturated carbocycles. The smallest absolute Gasteiger partial charge is 0.169 e. The lowest BCUT2D eigenvalue weighted by Gasteiger charge is -2.05. The van der Waals surface area contributed by atoms with Crippen LogP contribution >= 0.6 is 0 Å². The molecule has 1 N–H and O–H groups in total. The lowest BCUT2D eigenvalue weighted by molar-refractivity contribution is -0.127. The van der Waals surface area contributed by atoms with Crippen LogP contribution in [0.15, 0.2) is 12.4 Å². The van der Waals surface area contributed by atoms with Gasteiger partial charge in [0.25, 0.3) is 0 Å². The third-order valence-electron chi connectivity index (χ3n) is 2.19. The van der Waals surface area contributed by atoms with Crippen LogP contribution < -0.4 is 0 Å². The van der Waals surface area contributed by atoms with Crippen LogP contribution in [0.25, 0.3) is 0 Å². The zero-order valence-corrected chi connectivity index (χ0v) is 7.32. The summed E-state index contributed by atoms with van der Waals surface area (Å²) in [5.41, 5.74) is 0. The Morgan fingerprint density at radius 2 is 2.69 bits per heavy atom. The van der Waals surface area contributed by atoms with E-state index in [1.807, 2.05) is 0 Å². The number of carbonyl (C=O) groups excluding carboxylic acids is 1. The van der Waals surface area contributed by atoms with Crippen molar-refractivity contribution in [3.05, 3.63) is 18.2 Å². The molecular weight excluding hydrogens is 168 g/mol. The number of ketones is 1. The average molecular weight is 180 g/mol. The molecule has 1 aliphatic heterocycles. The zero-order valence-electron chi connectivity index (χ0n) is 7.32. The number of aromatic amines is 1. The highest BCUT2D eigenvalue weighted by Gasteiger charge is 2.23. The molecule has 0 aromatic carbocycles. The van der Waals surface area contributed by atoms with Crippen molar-refractivity contribution in [3.8, 4) is 0 Å². The Kier molecular flexibility index (Phi) is 2.40. The van der Waals surface area contributed by atoms with Crippen molar-refractivity contribution >= 4 is 5.78 Å². The number of Topliss-reactive ketones (excluding diaryl/α,β-unsaturated/α-hetero) is 1. The fourth-order valence-corrected chi connectivity index (χ4v) is 1.51. The van der Waals surface area contributed by atoms with Crippen molar-refractivity contribution in [2.75, 3.05) is 6.61 Å². The molecule has 1 aromatic heterocycles. The molecule has 70 valence electrons. The summed E-state index contributed by atoms with van der Waals surface area (Å²) in [5, 5.41) is 0. The first-order valence-corrected chi connectivity index (χ1v) is 4.49. The molecule has 0 bridgehead atoms. The number of nitrogens with zero attached hydrogens (tertiary/aromatic N) is 1. The Hall–Kier alpha value is -1.16. The van der Waals surface area contributed by atoms with Gasteiger partial charge >= 0.3 is 0 Å². The maximum atomic E-state index is 11.5. The third-order valence-corrected chi connectivity index (χ3v) is 2.19. The summed E-state index contributed by atoms with van der Waals surface area (Å²) in [5.74, 6) is 0.855. The molecule has 1 saturated heterocycles. The fourth-order valence-electron chi connectivity index (χ4n) is 1.51. The van der Waals surface area contributed by atoms with Gasteiger partial charge in [0.2, 0.25) is 0 Å². The molecule has 4 heteroatoms. The minimum atomic E-state index is -0.190. The summed E-state index contributed by atoms with van der Waals surface area (Å²) in [6.45, 7) is 0.717. The van der Waals surface area contributed by atoms with Crippen molar-refractivity contribution in [3.63, 3.8) is 0 Å². The molecule has 4 nitrogen and oxygen atoms in total. The van der Waals surface area contributed by atoms with E-state index in [0.29, 0.717) is 13.0 Å². The number of nitrogens with one attached hydrogen (secondary N) is 1. The van der Waals surface area contributed by atoms with Gasteiger partial charge in [-0.15, -0.1) is 0 Å². The Balaban J connectivity index is 1.91. The molecule has 1 aliphatic rings. The predicted molar refractivity (Wildman–Crippen MR) is 46.3 cm³/mol. The van der Waals surface area contributed by atoms with Gasteiger partial charge < -0.3 is 9.72 Å². The van der Waals surface area contributed by atoms with Crippen molar-refractivity contribution in [2.24, 2.45) is 0 Å². The van der Waals surface area contributed by atoms with E-state index in [9.17, 15) is 4.79 Å². The van der Waals surface area contributed by atoms with E-state index in [-0.39, 0.29) is 11.9 Å². The lowest BCUT2D eigenvalue weighted by atomic mass is 10.1. The zero-order chi connectivity index (χ0) is 9.10. The molecule has 1 unspecified atom stereocenters. The average Bonchev–Trinajstić information content (AvgIpc) is 2.74. The number of H-pyrrole nitrogens is 1. The van der Waals surface area contributed by atoms with E-state index in [1.54, 1.807) is 12.4 Å². The molecule has 0 radical (unpaired) electrons. The minimum Gasteiger partial charge on any atom is -0.370 e. The molecule has 1 aromatic rings. The Morgan fingerprint density at radius 3 is 3.31 bits per heavy atom. The van der Waals surface area contributed by atoms with Gasteiger partial charge in [-0.2, -0.15) is 0 Å². The maximum Gasteiger partial charge on any atom is 0.169 e. The van der Waals surface area contributed by atoms with E-state index in [4.69, 9.17) is 4.74 Å². The van der Waals surface area contributed by atoms with Crippen LogP contribution in [0, 0.1) is 0 Å². The van der Waals surface area contributed by atoms with Crippen molar-refractivity contribution in [2.45, 2.75) is 25.4 Å². The predicted octanol–water partition coefficient (Wildman–Crippen LogP) is 0.700. The fraction of sp³-hybridized carbons (Fsp3) is 0.556. The second-order valence-electron chi connectivity index (χ2n) is 3.18. The van der Waals surface area contributed by atoms with E-state index in [2.05, 4.69) is 9.97 Å². The van der Waals surface area contributed by atoms with E-state index in [1.165, 1.54) is 0 Å². The Morgan fingerprint density at radius 1 is 1.77 bits per heavy atom.